The summed E-state index contributed by atoms with van der Waals surface area (Å²) in [6.07, 6.45) is 8.99. The maximum atomic E-state index is 12.5. The van der Waals surface area contributed by atoms with Crippen LogP contribution < -0.4 is 15.9 Å². The number of aryl methyl sites for hydroxylation is 2. The van der Waals surface area contributed by atoms with Gasteiger partial charge >= 0.3 is 5.69 Å². The number of nitrogens with zero attached hydrogens (tertiary/aromatic N) is 6. The molecule has 1 fully saturated rings. The van der Waals surface area contributed by atoms with Crippen LogP contribution in [0.4, 0.5) is 5.95 Å². The van der Waals surface area contributed by atoms with Crippen molar-refractivity contribution in [2.24, 2.45) is 5.92 Å². The molecule has 2 aromatic heterocycles. The molecule has 0 saturated carbocycles. The lowest BCUT2D eigenvalue weighted by molar-refractivity contribution is -0.125. The second-order valence-corrected chi connectivity index (χ2v) is 7.51. The lowest BCUT2D eigenvalue weighted by atomic mass is 9.97. The predicted octanol–water partition coefficient (Wildman–Crippen LogP) is 0.594. The summed E-state index contributed by atoms with van der Waals surface area (Å²) in [5.74, 6) is 1.59. The molecular weight excluding hydrogens is 358 g/mol. The zero-order valence-electron chi connectivity index (χ0n) is 16.1. The maximum absolute atomic E-state index is 12.5. The number of fused-ring (bicyclic) bond motifs is 1. The predicted molar refractivity (Wildman–Crippen MR) is 104 cm³/mol. The van der Waals surface area contributed by atoms with Gasteiger partial charge in [-0.2, -0.15) is 5.10 Å². The Morgan fingerprint density at radius 2 is 2.04 bits per heavy atom. The minimum atomic E-state index is -0.0554. The number of aromatic nitrogens is 5. The van der Waals surface area contributed by atoms with Gasteiger partial charge in [0.2, 0.25) is 11.9 Å². The number of amides is 1. The van der Waals surface area contributed by atoms with E-state index in [4.69, 9.17) is 0 Å². The zero-order valence-corrected chi connectivity index (χ0v) is 16.1. The molecule has 1 N–H and O–H groups in total. The molecule has 2 aliphatic rings. The number of rotatable bonds is 6. The highest BCUT2D eigenvalue weighted by Gasteiger charge is 2.26. The van der Waals surface area contributed by atoms with E-state index < -0.39 is 0 Å². The van der Waals surface area contributed by atoms with Crippen molar-refractivity contribution in [3.63, 3.8) is 0 Å². The van der Waals surface area contributed by atoms with Gasteiger partial charge in [-0.05, 0) is 38.2 Å². The number of carbonyl (C=O) groups excluding carboxylic acids is 1. The monoisotopic (exact) mass is 385 g/mol. The van der Waals surface area contributed by atoms with E-state index in [9.17, 15) is 9.59 Å². The molecule has 0 bridgehead atoms. The lowest BCUT2D eigenvalue weighted by Gasteiger charge is -2.31. The first-order valence-corrected chi connectivity index (χ1v) is 10.2. The zero-order chi connectivity index (χ0) is 19.3. The minimum Gasteiger partial charge on any atom is -0.356 e. The van der Waals surface area contributed by atoms with E-state index in [-0.39, 0.29) is 17.5 Å². The summed E-state index contributed by atoms with van der Waals surface area (Å²) in [5.41, 5.74) is -0.0215. The van der Waals surface area contributed by atoms with Crippen LogP contribution in [0.15, 0.2) is 23.3 Å². The van der Waals surface area contributed by atoms with Gasteiger partial charge in [-0.3, -0.25) is 9.36 Å². The van der Waals surface area contributed by atoms with Gasteiger partial charge in [0, 0.05) is 51.5 Å². The Balaban J connectivity index is 1.24. The number of hydrogen-bond acceptors (Lipinski definition) is 6. The van der Waals surface area contributed by atoms with E-state index in [0.29, 0.717) is 32.0 Å². The average Bonchev–Trinajstić information content (AvgIpc) is 3.07. The molecule has 0 spiro atoms. The number of nitrogens with one attached hydrogen (secondary N) is 1. The summed E-state index contributed by atoms with van der Waals surface area (Å²) in [6, 6.07) is 1.79. The number of carbonyl (C=O) groups is 1. The van der Waals surface area contributed by atoms with Crippen LogP contribution in [-0.4, -0.2) is 49.9 Å². The molecule has 0 radical (unpaired) electrons. The van der Waals surface area contributed by atoms with Gasteiger partial charge in [0.15, 0.2) is 0 Å². The summed E-state index contributed by atoms with van der Waals surface area (Å²) < 4.78 is 3.33. The average molecular weight is 385 g/mol. The summed E-state index contributed by atoms with van der Waals surface area (Å²) in [7, 11) is 0. The first-order valence-electron chi connectivity index (χ1n) is 10.2. The van der Waals surface area contributed by atoms with Crippen LogP contribution >= 0.6 is 0 Å². The van der Waals surface area contributed by atoms with Crippen molar-refractivity contribution in [2.45, 2.75) is 51.6 Å². The summed E-state index contributed by atoms with van der Waals surface area (Å²) in [4.78, 5) is 35.5. The smallest absolute Gasteiger partial charge is 0.345 e. The van der Waals surface area contributed by atoms with E-state index >= 15 is 0 Å². The van der Waals surface area contributed by atoms with Gasteiger partial charge < -0.3 is 10.2 Å². The maximum Gasteiger partial charge on any atom is 0.345 e. The third-order valence-corrected chi connectivity index (χ3v) is 5.50. The molecule has 1 amide bonds. The third-order valence-electron chi connectivity index (χ3n) is 5.50. The van der Waals surface area contributed by atoms with Crippen LogP contribution in [0.2, 0.25) is 0 Å². The quantitative estimate of drug-likeness (QED) is 0.731. The van der Waals surface area contributed by atoms with Crippen LogP contribution in [-0.2, 0) is 24.3 Å². The summed E-state index contributed by atoms with van der Waals surface area (Å²) in [6.45, 7) is 3.37. The van der Waals surface area contributed by atoms with E-state index in [2.05, 4.69) is 25.3 Å². The second kappa shape index (κ2) is 8.53. The molecule has 150 valence electrons. The minimum absolute atomic E-state index is 0.0215. The largest absolute Gasteiger partial charge is 0.356 e. The van der Waals surface area contributed by atoms with Crippen molar-refractivity contribution in [1.29, 1.82) is 0 Å². The topological polar surface area (TPSA) is 97.9 Å². The highest BCUT2D eigenvalue weighted by molar-refractivity contribution is 5.79. The summed E-state index contributed by atoms with van der Waals surface area (Å²) >= 11 is 0. The molecule has 1 atom stereocenters. The van der Waals surface area contributed by atoms with Crippen molar-refractivity contribution in [2.75, 3.05) is 24.5 Å². The molecule has 0 aliphatic carbocycles. The van der Waals surface area contributed by atoms with Crippen LogP contribution in [0.25, 0.3) is 0 Å². The lowest BCUT2D eigenvalue weighted by Crippen LogP contribution is -2.44. The Morgan fingerprint density at radius 3 is 2.86 bits per heavy atom. The van der Waals surface area contributed by atoms with Gasteiger partial charge in [-0.25, -0.2) is 19.4 Å². The molecule has 1 unspecified atom stereocenters. The Morgan fingerprint density at radius 1 is 1.18 bits per heavy atom. The fourth-order valence-corrected chi connectivity index (χ4v) is 4.01. The van der Waals surface area contributed by atoms with E-state index in [1.807, 2.05) is 0 Å². The van der Waals surface area contributed by atoms with Crippen LogP contribution in [0, 0.1) is 5.92 Å². The molecule has 4 heterocycles. The summed E-state index contributed by atoms with van der Waals surface area (Å²) in [5, 5.41) is 7.45. The van der Waals surface area contributed by atoms with Crippen molar-refractivity contribution in [1.82, 2.24) is 29.6 Å². The van der Waals surface area contributed by atoms with E-state index in [1.165, 1.54) is 0 Å². The number of anilines is 1. The van der Waals surface area contributed by atoms with Crippen molar-refractivity contribution < 1.29 is 4.79 Å². The fraction of sp³-hybridized carbons (Fsp3) is 0.632. The number of hydrogen-bond donors (Lipinski definition) is 1. The first-order chi connectivity index (χ1) is 13.7. The van der Waals surface area contributed by atoms with E-state index in [1.54, 1.807) is 27.7 Å². The third kappa shape index (κ3) is 4.07. The Hall–Kier alpha value is -2.71. The molecule has 28 heavy (non-hydrogen) atoms. The highest BCUT2D eigenvalue weighted by atomic mass is 16.2. The first kappa shape index (κ1) is 18.6. The van der Waals surface area contributed by atoms with Crippen LogP contribution in [0.3, 0.4) is 0 Å². The van der Waals surface area contributed by atoms with Gasteiger partial charge in [0.25, 0.3) is 0 Å². The molecule has 1 saturated heterocycles. The molecule has 4 rings (SSSR count). The van der Waals surface area contributed by atoms with Crippen molar-refractivity contribution in [3.05, 3.63) is 34.8 Å². The van der Waals surface area contributed by atoms with Gasteiger partial charge in [0.05, 0.1) is 5.92 Å². The molecule has 9 nitrogen and oxygen atoms in total. The van der Waals surface area contributed by atoms with Crippen molar-refractivity contribution >= 4 is 11.9 Å². The van der Waals surface area contributed by atoms with Crippen LogP contribution in [0.5, 0.6) is 0 Å². The normalized spacial score (nSPS) is 19.3. The molecule has 2 aliphatic heterocycles. The van der Waals surface area contributed by atoms with Crippen LogP contribution in [0.1, 0.15) is 37.9 Å². The van der Waals surface area contributed by atoms with E-state index in [0.717, 1.165) is 51.0 Å². The van der Waals surface area contributed by atoms with Gasteiger partial charge in [-0.1, -0.05) is 0 Å². The Labute approximate surface area is 163 Å². The highest BCUT2D eigenvalue weighted by Crippen LogP contribution is 2.20. The molecule has 0 aromatic carbocycles. The molecular formula is C19H27N7O2. The van der Waals surface area contributed by atoms with Gasteiger partial charge in [0.1, 0.15) is 5.82 Å². The Kier molecular flexibility index (Phi) is 5.68. The standard InChI is InChI=1S/C19H27N7O2/c27-17(15-6-3-11-24(14-15)18-21-8-4-9-22-18)20-10-5-13-26-19(28)25-12-2-1-7-16(25)23-26/h4,8-9,15H,1-3,5-7,10-14H2,(H,20,27). The molecule has 9 heteroatoms. The number of piperidine rings is 1. The van der Waals surface area contributed by atoms with Crippen molar-refractivity contribution in [3.8, 4) is 0 Å². The SMILES string of the molecule is O=C(NCCCn1nc2n(c1=O)CCCC2)C1CCCN(c2ncccn2)C1. The molecule has 2 aromatic rings. The van der Waals surface area contributed by atoms with Gasteiger partial charge in [-0.15, -0.1) is 0 Å². The Bertz CT molecular complexity index is 861. The second-order valence-electron chi connectivity index (χ2n) is 7.51. The fourth-order valence-electron chi connectivity index (χ4n) is 4.01.